The smallest absolute Gasteiger partial charge is 0.305 e. The molecule has 1 unspecified atom stereocenters. The number of aryl methyl sites for hydroxylation is 2. The van der Waals surface area contributed by atoms with E-state index in [-0.39, 0.29) is 6.42 Å². The maximum atomic E-state index is 13.5. The van der Waals surface area contributed by atoms with Gasteiger partial charge in [-0.25, -0.2) is 4.39 Å². The van der Waals surface area contributed by atoms with Crippen molar-refractivity contribution in [2.45, 2.75) is 26.3 Å². The van der Waals surface area contributed by atoms with Gasteiger partial charge in [-0.1, -0.05) is 6.07 Å². The van der Waals surface area contributed by atoms with Crippen LogP contribution in [0.3, 0.4) is 0 Å². The summed E-state index contributed by atoms with van der Waals surface area (Å²) in [5.41, 5.74) is 7.42. The molecule has 0 bridgehead atoms. The summed E-state index contributed by atoms with van der Waals surface area (Å²) in [7, 11) is 0. The summed E-state index contributed by atoms with van der Waals surface area (Å²) in [6.07, 6.45) is -0.263. The Kier molecular flexibility index (Phi) is 3.42. The van der Waals surface area contributed by atoms with Gasteiger partial charge >= 0.3 is 5.97 Å². The summed E-state index contributed by atoms with van der Waals surface area (Å²) in [5, 5.41) is 8.58. The number of aliphatic carboxylic acids is 1. The topological polar surface area (TPSA) is 63.3 Å². The van der Waals surface area contributed by atoms with Crippen LogP contribution < -0.4 is 5.73 Å². The van der Waals surface area contributed by atoms with Crippen LogP contribution in [0.4, 0.5) is 4.39 Å². The molecule has 3 N–H and O–H groups in total. The number of halogens is 1. The molecule has 1 rings (SSSR count). The number of nitrogens with two attached hydrogens (primary N) is 1. The average Bonchev–Trinajstić information content (AvgIpc) is 1.99. The highest BCUT2D eigenvalue weighted by Crippen LogP contribution is 2.23. The van der Waals surface area contributed by atoms with E-state index < -0.39 is 17.8 Å². The molecule has 0 aliphatic carbocycles. The van der Waals surface area contributed by atoms with Crippen molar-refractivity contribution < 1.29 is 14.3 Å². The van der Waals surface area contributed by atoms with Gasteiger partial charge in [0.05, 0.1) is 6.42 Å². The molecule has 0 fully saturated rings. The monoisotopic (exact) mass is 211 g/mol. The Morgan fingerprint density at radius 1 is 1.53 bits per heavy atom. The minimum Gasteiger partial charge on any atom is -0.481 e. The summed E-state index contributed by atoms with van der Waals surface area (Å²) in [6, 6.07) is 2.37. The summed E-state index contributed by atoms with van der Waals surface area (Å²) in [6.45, 7) is 3.51. The second-order valence-corrected chi connectivity index (χ2v) is 3.68. The molecule has 3 nitrogen and oxygen atoms in total. The first-order valence-corrected chi connectivity index (χ1v) is 4.66. The lowest BCUT2D eigenvalue weighted by atomic mass is 9.97. The van der Waals surface area contributed by atoms with Crippen molar-refractivity contribution >= 4 is 5.97 Å². The zero-order valence-electron chi connectivity index (χ0n) is 8.75. The predicted octanol–water partition coefficient (Wildman–Crippen LogP) is 1.92. The van der Waals surface area contributed by atoms with E-state index in [2.05, 4.69) is 0 Å². The molecular formula is C11H14FNO2. The van der Waals surface area contributed by atoms with Gasteiger partial charge in [-0.05, 0) is 31.0 Å². The van der Waals surface area contributed by atoms with Crippen LogP contribution in [0, 0.1) is 19.7 Å². The first kappa shape index (κ1) is 11.7. The second-order valence-electron chi connectivity index (χ2n) is 3.68. The second kappa shape index (κ2) is 4.40. The molecule has 0 radical (unpaired) electrons. The molecule has 1 aromatic rings. The number of carboxylic acid groups (broad SMARTS) is 1. The summed E-state index contributed by atoms with van der Waals surface area (Å²) >= 11 is 0. The first-order chi connectivity index (χ1) is 6.91. The van der Waals surface area contributed by atoms with Crippen LogP contribution in [-0.2, 0) is 4.79 Å². The molecule has 0 aliphatic heterocycles. The van der Waals surface area contributed by atoms with Crippen molar-refractivity contribution in [2.24, 2.45) is 5.73 Å². The average molecular weight is 211 g/mol. The van der Waals surface area contributed by atoms with Crippen molar-refractivity contribution in [1.29, 1.82) is 0 Å². The highest BCUT2D eigenvalue weighted by Gasteiger charge is 2.17. The fourth-order valence-electron chi connectivity index (χ4n) is 1.69. The molecule has 1 atom stereocenters. The molecule has 0 saturated carbocycles. The zero-order valence-corrected chi connectivity index (χ0v) is 8.75. The third kappa shape index (κ3) is 2.76. The van der Waals surface area contributed by atoms with E-state index in [1.807, 2.05) is 0 Å². The van der Waals surface area contributed by atoms with Crippen LogP contribution in [0.2, 0.25) is 0 Å². The minimum atomic E-state index is -1.03. The summed E-state index contributed by atoms with van der Waals surface area (Å²) in [5.74, 6) is -1.46. The molecule has 0 amide bonds. The minimum absolute atomic E-state index is 0.263. The fourth-order valence-corrected chi connectivity index (χ4v) is 1.69. The molecule has 0 spiro atoms. The summed E-state index contributed by atoms with van der Waals surface area (Å²) in [4.78, 5) is 10.5. The number of carbonyl (C=O) groups is 1. The number of hydrogen-bond acceptors (Lipinski definition) is 2. The molecule has 0 aliphatic rings. The van der Waals surface area contributed by atoms with Crippen molar-refractivity contribution in [3.63, 3.8) is 0 Å². The number of benzene rings is 1. The van der Waals surface area contributed by atoms with Crippen molar-refractivity contribution in [2.75, 3.05) is 0 Å². The van der Waals surface area contributed by atoms with E-state index >= 15 is 0 Å². The Morgan fingerprint density at radius 3 is 2.60 bits per heavy atom. The van der Waals surface area contributed by atoms with Crippen molar-refractivity contribution in [3.05, 3.63) is 34.6 Å². The van der Waals surface area contributed by atoms with Crippen LogP contribution in [-0.4, -0.2) is 11.1 Å². The van der Waals surface area contributed by atoms with Gasteiger partial charge in [0, 0.05) is 11.6 Å². The van der Waals surface area contributed by atoms with Gasteiger partial charge in [0.15, 0.2) is 0 Å². The third-order valence-electron chi connectivity index (χ3n) is 2.25. The van der Waals surface area contributed by atoms with Gasteiger partial charge < -0.3 is 10.8 Å². The molecular weight excluding hydrogens is 197 g/mol. The number of hydrogen-bond donors (Lipinski definition) is 2. The molecule has 0 heterocycles. The zero-order chi connectivity index (χ0) is 11.6. The van der Waals surface area contributed by atoms with E-state index in [0.717, 1.165) is 5.56 Å². The Labute approximate surface area is 87.7 Å². The van der Waals surface area contributed by atoms with E-state index in [1.165, 1.54) is 6.07 Å². The van der Waals surface area contributed by atoms with E-state index in [0.29, 0.717) is 11.1 Å². The summed E-state index contributed by atoms with van der Waals surface area (Å²) < 4.78 is 13.5. The van der Waals surface area contributed by atoms with E-state index in [1.54, 1.807) is 19.9 Å². The molecule has 0 saturated heterocycles. The maximum Gasteiger partial charge on any atom is 0.305 e. The number of rotatable bonds is 3. The first-order valence-electron chi connectivity index (χ1n) is 4.66. The molecule has 82 valence electrons. The van der Waals surface area contributed by atoms with Crippen LogP contribution in [0.5, 0.6) is 0 Å². The van der Waals surface area contributed by atoms with Gasteiger partial charge in [-0.15, -0.1) is 0 Å². The van der Waals surface area contributed by atoms with Gasteiger partial charge in [-0.3, -0.25) is 4.79 Å². The Balaban J connectivity index is 3.08. The van der Waals surface area contributed by atoms with Crippen molar-refractivity contribution in [3.8, 4) is 0 Å². The van der Waals surface area contributed by atoms with Gasteiger partial charge in [0.2, 0.25) is 0 Å². The van der Waals surface area contributed by atoms with Crippen molar-refractivity contribution in [1.82, 2.24) is 0 Å². The van der Waals surface area contributed by atoms with E-state index in [9.17, 15) is 9.18 Å². The predicted molar refractivity (Wildman–Crippen MR) is 55.1 cm³/mol. The molecule has 0 aromatic heterocycles. The lowest BCUT2D eigenvalue weighted by Gasteiger charge is -2.14. The van der Waals surface area contributed by atoms with Crippen LogP contribution in [0.1, 0.15) is 29.2 Å². The van der Waals surface area contributed by atoms with Crippen LogP contribution >= 0.6 is 0 Å². The maximum absolute atomic E-state index is 13.5. The molecule has 15 heavy (non-hydrogen) atoms. The van der Waals surface area contributed by atoms with Gasteiger partial charge in [0.25, 0.3) is 0 Å². The highest BCUT2D eigenvalue weighted by molar-refractivity contribution is 5.68. The third-order valence-corrected chi connectivity index (χ3v) is 2.25. The SMILES string of the molecule is Cc1cc(C)c(C(N)CC(=O)O)c(F)c1. The Morgan fingerprint density at radius 2 is 2.13 bits per heavy atom. The van der Waals surface area contributed by atoms with Gasteiger partial charge in [0.1, 0.15) is 5.82 Å². The standard InChI is InChI=1S/C11H14FNO2/c1-6-3-7(2)11(8(12)4-6)9(13)5-10(14)15/h3-4,9H,5,13H2,1-2H3,(H,14,15). The van der Waals surface area contributed by atoms with Crippen LogP contribution in [0.15, 0.2) is 12.1 Å². The largest absolute Gasteiger partial charge is 0.481 e. The van der Waals surface area contributed by atoms with E-state index in [4.69, 9.17) is 10.8 Å². The Bertz CT molecular complexity index is 367. The highest BCUT2D eigenvalue weighted by atomic mass is 19.1. The fraction of sp³-hybridized carbons (Fsp3) is 0.364. The Hall–Kier alpha value is -1.42. The van der Waals surface area contributed by atoms with Crippen LogP contribution in [0.25, 0.3) is 0 Å². The lowest BCUT2D eigenvalue weighted by molar-refractivity contribution is -0.137. The normalized spacial score (nSPS) is 12.5. The van der Waals surface area contributed by atoms with Gasteiger partial charge in [-0.2, -0.15) is 0 Å². The molecule has 4 heteroatoms. The quantitative estimate of drug-likeness (QED) is 0.802. The lowest BCUT2D eigenvalue weighted by Crippen LogP contribution is -2.17. The number of carboxylic acids is 1. The molecule has 1 aromatic carbocycles.